The van der Waals surface area contributed by atoms with Crippen LogP contribution in [-0.2, 0) is 22.4 Å². The Hall–Kier alpha value is -3.13. The average Bonchev–Trinajstić information content (AvgIpc) is 2.76. The molecular formula is C21H21F6N3O4S. The molecule has 2 aromatic carbocycles. The lowest BCUT2D eigenvalue weighted by Crippen LogP contribution is -2.26. The van der Waals surface area contributed by atoms with E-state index in [0.717, 1.165) is 0 Å². The van der Waals surface area contributed by atoms with Crippen molar-refractivity contribution >= 4 is 21.8 Å². The van der Waals surface area contributed by atoms with E-state index in [4.69, 9.17) is 5.14 Å². The van der Waals surface area contributed by atoms with Crippen LogP contribution in [0.2, 0.25) is 0 Å². The van der Waals surface area contributed by atoms with Crippen molar-refractivity contribution in [2.75, 3.05) is 13.1 Å². The monoisotopic (exact) mass is 525 g/mol. The maximum Gasteiger partial charge on any atom is 0.416 e. The predicted molar refractivity (Wildman–Crippen MR) is 113 cm³/mol. The van der Waals surface area contributed by atoms with Gasteiger partial charge in [0.15, 0.2) is 0 Å². The highest BCUT2D eigenvalue weighted by Crippen LogP contribution is 2.36. The van der Waals surface area contributed by atoms with E-state index in [1.165, 1.54) is 24.3 Å². The summed E-state index contributed by atoms with van der Waals surface area (Å²) in [6.45, 7) is 0.242. The van der Waals surface area contributed by atoms with Crippen molar-refractivity contribution < 1.29 is 44.3 Å². The predicted octanol–water partition coefficient (Wildman–Crippen LogP) is 3.70. The van der Waals surface area contributed by atoms with Gasteiger partial charge in [-0.1, -0.05) is 0 Å². The van der Waals surface area contributed by atoms with Gasteiger partial charge in [0.25, 0.3) is 11.8 Å². The molecule has 0 aliphatic rings. The van der Waals surface area contributed by atoms with Crippen LogP contribution in [0.5, 0.6) is 0 Å². The van der Waals surface area contributed by atoms with Crippen LogP contribution in [0.1, 0.15) is 51.1 Å². The van der Waals surface area contributed by atoms with E-state index in [1.54, 1.807) is 0 Å². The number of rotatable bonds is 9. The van der Waals surface area contributed by atoms with Gasteiger partial charge in [0.2, 0.25) is 10.0 Å². The lowest BCUT2D eigenvalue weighted by Gasteiger charge is -2.14. The zero-order valence-corrected chi connectivity index (χ0v) is 18.8. The van der Waals surface area contributed by atoms with Crippen molar-refractivity contribution in [3.63, 3.8) is 0 Å². The van der Waals surface area contributed by atoms with Gasteiger partial charge in [-0.2, -0.15) is 26.3 Å². The summed E-state index contributed by atoms with van der Waals surface area (Å²) in [5.74, 6) is -1.53. The number of sulfonamides is 1. The van der Waals surface area contributed by atoms with E-state index in [1.807, 2.05) is 0 Å². The second-order valence-corrected chi connectivity index (χ2v) is 9.00. The number of benzene rings is 2. The van der Waals surface area contributed by atoms with Crippen LogP contribution < -0.4 is 15.8 Å². The molecule has 2 rings (SSSR count). The summed E-state index contributed by atoms with van der Waals surface area (Å²) in [7, 11) is -3.88. The van der Waals surface area contributed by atoms with E-state index in [9.17, 15) is 44.3 Å². The number of halogens is 6. The van der Waals surface area contributed by atoms with Crippen LogP contribution in [0.3, 0.4) is 0 Å². The third kappa shape index (κ3) is 8.55. The first-order chi connectivity index (χ1) is 16.1. The Kier molecular flexibility index (Phi) is 8.89. The Bertz CT molecular complexity index is 1130. The van der Waals surface area contributed by atoms with Crippen LogP contribution >= 0.6 is 0 Å². The van der Waals surface area contributed by atoms with Crippen LogP contribution in [0.4, 0.5) is 26.3 Å². The fraction of sp³-hybridized carbons (Fsp3) is 0.333. The molecule has 0 unspecified atom stereocenters. The van der Waals surface area contributed by atoms with Gasteiger partial charge in [-0.3, -0.25) is 9.59 Å². The summed E-state index contributed by atoms with van der Waals surface area (Å²) in [5, 5.41) is 9.86. The number of nitrogens with two attached hydrogens (primary N) is 1. The van der Waals surface area contributed by atoms with Gasteiger partial charge >= 0.3 is 12.4 Å². The van der Waals surface area contributed by atoms with Gasteiger partial charge in [0.1, 0.15) is 0 Å². The van der Waals surface area contributed by atoms with E-state index < -0.39 is 50.9 Å². The topological polar surface area (TPSA) is 118 Å². The highest BCUT2D eigenvalue weighted by Gasteiger charge is 2.37. The maximum absolute atomic E-state index is 12.9. The van der Waals surface area contributed by atoms with Gasteiger partial charge in [-0.25, -0.2) is 13.6 Å². The zero-order valence-electron chi connectivity index (χ0n) is 18.0. The highest BCUT2D eigenvalue weighted by molar-refractivity contribution is 7.89. The van der Waals surface area contributed by atoms with Gasteiger partial charge in [0, 0.05) is 24.2 Å². The van der Waals surface area contributed by atoms with Crippen LogP contribution in [0, 0.1) is 0 Å². The molecule has 2 aromatic rings. The number of hydrogen-bond donors (Lipinski definition) is 3. The normalized spacial score (nSPS) is 12.3. The fourth-order valence-corrected chi connectivity index (χ4v) is 3.43. The second kappa shape index (κ2) is 11.1. The van der Waals surface area contributed by atoms with Crippen molar-refractivity contribution in [1.82, 2.24) is 10.6 Å². The lowest BCUT2D eigenvalue weighted by molar-refractivity contribution is -0.143. The third-order valence-corrected chi connectivity index (χ3v) is 5.65. The molecule has 0 bridgehead atoms. The molecular weight excluding hydrogens is 504 g/mol. The summed E-state index contributed by atoms with van der Waals surface area (Å²) in [4.78, 5) is 24.0. The van der Waals surface area contributed by atoms with E-state index >= 15 is 0 Å². The molecule has 35 heavy (non-hydrogen) atoms. The summed E-state index contributed by atoms with van der Waals surface area (Å²) in [6.07, 6.45) is -8.79. The van der Waals surface area contributed by atoms with Crippen molar-refractivity contribution in [1.29, 1.82) is 0 Å². The standard InChI is InChI=1S/C21H21F6N3O4S/c22-20(23,24)15-10-14(11-16(12-15)21(25,26)27)19(32)30-9-3-1-2-8-29-18(31)13-4-6-17(7-5-13)35(28,33)34/h4-7,10-12H,1-3,8-9H2,(H,29,31)(H,30,32)(H2,28,33,34). The first-order valence-electron chi connectivity index (χ1n) is 10.1. The summed E-state index contributed by atoms with van der Waals surface area (Å²) in [5.41, 5.74) is -3.70. The summed E-state index contributed by atoms with van der Waals surface area (Å²) in [6, 6.07) is 5.62. The van der Waals surface area contributed by atoms with E-state index in [2.05, 4.69) is 10.6 Å². The Morgan fingerprint density at radius 1 is 0.714 bits per heavy atom. The molecule has 0 saturated carbocycles. The summed E-state index contributed by atoms with van der Waals surface area (Å²) < 4.78 is 99.8. The lowest BCUT2D eigenvalue weighted by atomic mass is 10.0. The van der Waals surface area contributed by atoms with Crippen molar-refractivity contribution in [3.8, 4) is 0 Å². The van der Waals surface area contributed by atoms with Crippen molar-refractivity contribution in [3.05, 3.63) is 64.7 Å². The Labute approximate surface area is 196 Å². The minimum Gasteiger partial charge on any atom is -0.352 e. The molecule has 0 atom stereocenters. The molecule has 0 heterocycles. The smallest absolute Gasteiger partial charge is 0.352 e. The number of hydrogen-bond acceptors (Lipinski definition) is 4. The van der Waals surface area contributed by atoms with Gasteiger partial charge in [0.05, 0.1) is 16.0 Å². The first kappa shape index (κ1) is 28.1. The summed E-state index contributed by atoms with van der Waals surface area (Å²) >= 11 is 0. The number of carbonyl (C=O) groups excluding carboxylic acids is 2. The molecule has 0 spiro atoms. The fourth-order valence-electron chi connectivity index (χ4n) is 2.92. The molecule has 0 fully saturated rings. The number of unbranched alkanes of at least 4 members (excludes halogenated alkanes) is 2. The van der Waals surface area contributed by atoms with Crippen molar-refractivity contribution in [2.24, 2.45) is 5.14 Å². The molecule has 7 nitrogen and oxygen atoms in total. The number of amides is 2. The molecule has 0 aromatic heterocycles. The maximum atomic E-state index is 12.9. The van der Waals surface area contributed by atoms with Crippen LogP contribution in [0.15, 0.2) is 47.4 Å². The molecule has 192 valence electrons. The minimum atomic E-state index is -5.05. The Morgan fingerprint density at radius 2 is 1.14 bits per heavy atom. The number of carbonyl (C=O) groups is 2. The molecule has 0 aliphatic carbocycles. The highest BCUT2D eigenvalue weighted by atomic mass is 32.2. The number of alkyl halides is 6. The molecule has 2 amide bonds. The van der Waals surface area contributed by atoms with Crippen LogP contribution in [0.25, 0.3) is 0 Å². The number of primary sulfonamides is 1. The van der Waals surface area contributed by atoms with E-state index in [0.29, 0.717) is 31.4 Å². The molecule has 0 radical (unpaired) electrons. The minimum absolute atomic E-state index is 0.000594. The first-order valence-corrected chi connectivity index (χ1v) is 11.6. The SMILES string of the molecule is NS(=O)(=O)c1ccc(C(=O)NCCCCCNC(=O)c2cc(C(F)(F)F)cc(C(F)(F)F)c2)cc1. The average molecular weight is 525 g/mol. The van der Waals surface area contributed by atoms with Gasteiger partial charge in [-0.15, -0.1) is 0 Å². The van der Waals surface area contributed by atoms with E-state index in [-0.39, 0.29) is 29.6 Å². The molecule has 14 heteroatoms. The Morgan fingerprint density at radius 3 is 1.54 bits per heavy atom. The second-order valence-electron chi connectivity index (χ2n) is 7.44. The molecule has 4 N–H and O–H groups in total. The third-order valence-electron chi connectivity index (χ3n) is 4.72. The van der Waals surface area contributed by atoms with Gasteiger partial charge in [-0.05, 0) is 61.7 Å². The zero-order chi connectivity index (χ0) is 26.4. The van der Waals surface area contributed by atoms with Crippen LogP contribution in [-0.4, -0.2) is 33.3 Å². The van der Waals surface area contributed by atoms with Crippen molar-refractivity contribution in [2.45, 2.75) is 36.5 Å². The largest absolute Gasteiger partial charge is 0.416 e. The van der Waals surface area contributed by atoms with Gasteiger partial charge < -0.3 is 10.6 Å². The Balaban J connectivity index is 1.79. The quantitative estimate of drug-likeness (QED) is 0.342. The molecule has 0 saturated heterocycles. The molecule has 0 aliphatic heterocycles. The number of nitrogens with one attached hydrogen (secondary N) is 2.